The Hall–Kier alpha value is -9.26. The Balaban J connectivity index is 0.000000265. The van der Waals surface area contributed by atoms with Crippen LogP contribution in [0, 0.1) is 0 Å². The van der Waals surface area contributed by atoms with Gasteiger partial charge in [0.2, 0.25) is 0 Å². The highest BCUT2D eigenvalue weighted by molar-refractivity contribution is 5.30. The fraction of sp³-hybridized carbons (Fsp3) is 0.320. The van der Waals surface area contributed by atoms with Crippen LogP contribution in [0.5, 0.6) is 0 Å². The molecule has 0 amide bonds. The number of benzene rings is 1. The highest BCUT2D eigenvalue weighted by Crippen LogP contribution is 2.09. The van der Waals surface area contributed by atoms with E-state index in [-0.39, 0.29) is 65.0 Å². The quantitative estimate of drug-likeness (QED) is 0.0589. The minimum atomic E-state index is -0.684. The molecule has 5 heterocycles. The number of epoxide rings is 1. The van der Waals surface area contributed by atoms with Crippen LogP contribution < -0.4 is 68.3 Å². The molecule has 0 spiro atoms. The van der Waals surface area contributed by atoms with Crippen LogP contribution in [-0.4, -0.2) is 67.5 Å². The van der Waals surface area contributed by atoms with Crippen LogP contribution in [0.2, 0.25) is 0 Å². The SMILES string of the molecule is C=CCn1c(=O)n(C)c(=O)n(CC=C)c1=O.C=CCn1c(=O)n(CC=C)c(=O)n(-c2ccccc2)c1=O.C=CCn1c(=O)n(CC=C)c(=O)n(CC2CO2)c1=O.C=CCn1c(=O)n(CC=C)c(=O)n(CCCC)c1=O. The summed E-state index contributed by atoms with van der Waals surface area (Å²) in [6, 6.07) is 8.45. The van der Waals surface area contributed by atoms with Gasteiger partial charge in [-0.15, -0.1) is 52.6 Å². The summed E-state index contributed by atoms with van der Waals surface area (Å²) in [7, 11) is 1.32. The number of unbranched alkanes of at least 4 members (excludes halogenated alkanes) is 1. The van der Waals surface area contributed by atoms with E-state index in [0.29, 0.717) is 25.3 Å². The van der Waals surface area contributed by atoms with Crippen molar-refractivity contribution >= 4 is 0 Å². The molecule has 1 aliphatic heterocycles. The number of allylic oxidation sites excluding steroid dienone is 8. The molecule has 6 rings (SSSR count). The minimum absolute atomic E-state index is 0.0297. The Morgan fingerprint density at radius 3 is 0.960 bits per heavy atom. The fourth-order valence-electron chi connectivity index (χ4n) is 6.87. The minimum Gasteiger partial charge on any atom is -0.371 e. The Morgan fingerprint density at radius 2 is 0.680 bits per heavy atom. The van der Waals surface area contributed by atoms with Gasteiger partial charge in [-0.25, -0.2) is 112 Å². The third-order valence-corrected chi connectivity index (χ3v) is 10.6. The average Bonchev–Trinajstić information content (AvgIpc) is 4.23. The van der Waals surface area contributed by atoms with E-state index < -0.39 is 68.3 Å². The second-order valence-corrected chi connectivity index (χ2v) is 15.9. The molecule has 1 saturated heterocycles. The number of hydrogen-bond acceptors (Lipinski definition) is 13. The van der Waals surface area contributed by atoms with E-state index in [1.54, 1.807) is 30.3 Å². The zero-order chi connectivity index (χ0) is 56.1. The first-order valence-corrected chi connectivity index (χ1v) is 23.1. The highest BCUT2D eigenvalue weighted by atomic mass is 16.6. The van der Waals surface area contributed by atoms with E-state index in [0.717, 1.165) is 61.2 Å². The summed E-state index contributed by atoms with van der Waals surface area (Å²) in [4.78, 5) is 144. The molecular formula is C50H62N12O13. The monoisotopic (exact) mass is 1040 g/mol. The molecule has 0 radical (unpaired) electrons. The number of nitrogens with zero attached hydrogens (tertiary/aromatic N) is 12. The molecule has 0 saturated carbocycles. The normalized spacial score (nSPS) is 12.0. The largest absolute Gasteiger partial charge is 0.371 e. The van der Waals surface area contributed by atoms with Gasteiger partial charge >= 0.3 is 68.3 Å². The maximum Gasteiger partial charge on any atom is 0.341 e. The smallest absolute Gasteiger partial charge is 0.341 e. The van der Waals surface area contributed by atoms with Gasteiger partial charge in [0.15, 0.2) is 0 Å². The summed E-state index contributed by atoms with van der Waals surface area (Å²) in [5.74, 6) is 0. The molecule has 400 valence electrons. The maximum absolute atomic E-state index is 12.4. The third kappa shape index (κ3) is 14.2. The number of ether oxygens (including phenoxy) is 1. The number of aromatic nitrogens is 12. The first-order chi connectivity index (χ1) is 35.8. The Kier molecular flexibility index (Phi) is 23.0. The molecule has 25 nitrogen and oxygen atoms in total. The number of hydrogen-bond donors (Lipinski definition) is 0. The van der Waals surface area contributed by atoms with Crippen LogP contribution >= 0.6 is 0 Å². The van der Waals surface area contributed by atoms with Crippen LogP contribution in [0.25, 0.3) is 5.69 Å². The van der Waals surface area contributed by atoms with Gasteiger partial charge in [0.1, 0.15) is 0 Å². The van der Waals surface area contributed by atoms with Crippen molar-refractivity contribution in [3.05, 3.63) is 257 Å². The summed E-state index contributed by atoms with van der Waals surface area (Å²) >= 11 is 0. The molecule has 0 aliphatic carbocycles. The van der Waals surface area contributed by atoms with Crippen molar-refractivity contribution < 1.29 is 4.74 Å². The van der Waals surface area contributed by atoms with Crippen molar-refractivity contribution in [2.45, 2.75) is 91.3 Å². The highest BCUT2D eigenvalue weighted by Gasteiger charge is 2.26. The molecule has 1 aromatic carbocycles. The lowest BCUT2D eigenvalue weighted by Gasteiger charge is -2.11. The topological polar surface area (TPSA) is 277 Å². The van der Waals surface area contributed by atoms with Crippen LogP contribution in [-0.2, 0) is 77.2 Å². The lowest BCUT2D eigenvalue weighted by Crippen LogP contribution is -2.54. The van der Waals surface area contributed by atoms with Crippen molar-refractivity contribution in [2.24, 2.45) is 7.05 Å². The molecule has 0 N–H and O–H groups in total. The molecule has 1 atom stereocenters. The average molecular weight is 1040 g/mol. The molecule has 1 unspecified atom stereocenters. The first kappa shape index (κ1) is 60.0. The van der Waals surface area contributed by atoms with Gasteiger partial charge in [0, 0.05) is 13.6 Å². The van der Waals surface area contributed by atoms with Crippen molar-refractivity contribution in [3.8, 4) is 5.69 Å². The Morgan fingerprint density at radius 1 is 0.413 bits per heavy atom. The molecule has 5 aromatic rings. The third-order valence-electron chi connectivity index (χ3n) is 10.6. The van der Waals surface area contributed by atoms with Crippen molar-refractivity contribution in [1.82, 2.24) is 54.8 Å². The van der Waals surface area contributed by atoms with E-state index in [1.807, 2.05) is 6.92 Å². The van der Waals surface area contributed by atoms with Crippen LogP contribution in [0.1, 0.15) is 19.8 Å². The van der Waals surface area contributed by atoms with Crippen LogP contribution in [0.15, 0.2) is 189 Å². The van der Waals surface area contributed by atoms with Crippen LogP contribution in [0.3, 0.4) is 0 Å². The van der Waals surface area contributed by atoms with Gasteiger partial charge in [-0.2, -0.15) is 0 Å². The fourth-order valence-corrected chi connectivity index (χ4v) is 6.87. The molecule has 75 heavy (non-hydrogen) atoms. The Bertz CT molecular complexity index is 3510. The lowest BCUT2D eigenvalue weighted by molar-refractivity contribution is 0.362. The van der Waals surface area contributed by atoms with Gasteiger partial charge in [-0.05, 0) is 18.6 Å². The number of rotatable bonds is 22. The number of para-hydroxylation sites is 1. The molecular weight excluding hydrogens is 977 g/mol. The maximum atomic E-state index is 12.4. The van der Waals surface area contributed by atoms with Gasteiger partial charge in [0.25, 0.3) is 0 Å². The Labute approximate surface area is 426 Å². The predicted octanol–water partition coefficient (Wildman–Crippen LogP) is -1.10. The predicted molar refractivity (Wildman–Crippen MR) is 285 cm³/mol. The standard InChI is InChI=1S/C15H15N3O3.C13H19N3O3.C12H15N3O4.C10H13N3O3/c1-3-10-16-13(19)17(11-4-2)15(21)18(14(16)20)12-8-6-5-7-9-12;1-4-7-10-16-12(18)14(8-5-2)11(17)15(9-6-3)13(16)19;1-3-5-13-10(16)14(6-4-2)12(18)15(11(13)17)7-9-8-19-9;1-4-6-12-8(14)11(3)9(15)13(7-5-2)10(12)16/h3-9H,1-2,10-11H2;5-6H,2-4,7-10H2,1H3;3-4,9H,1-2,5-8H2;4-5H,1-2,6-7H2,3H3. The van der Waals surface area contributed by atoms with Gasteiger partial charge in [-0.1, -0.05) is 80.2 Å². The van der Waals surface area contributed by atoms with Gasteiger partial charge < -0.3 is 4.74 Å². The van der Waals surface area contributed by atoms with E-state index >= 15 is 0 Å². The van der Waals surface area contributed by atoms with Crippen molar-refractivity contribution in [2.75, 3.05) is 6.61 Å². The van der Waals surface area contributed by atoms with Crippen molar-refractivity contribution in [1.29, 1.82) is 0 Å². The summed E-state index contributed by atoms with van der Waals surface area (Å²) in [6.07, 6.45) is 12.9. The summed E-state index contributed by atoms with van der Waals surface area (Å²) in [5.41, 5.74) is -7.26. The van der Waals surface area contributed by atoms with Crippen LogP contribution in [0.4, 0.5) is 0 Å². The van der Waals surface area contributed by atoms with E-state index in [2.05, 4.69) is 52.6 Å². The summed E-state index contributed by atoms with van der Waals surface area (Å²) < 4.78 is 16.8. The second kappa shape index (κ2) is 28.7. The summed E-state index contributed by atoms with van der Waals surface area (Å²) in [6.45, 7) is 31.4. The first-order valence-electron chi connectivity index (χ1n) is 23.1. The van der Waals surface area contributed by atoms with Crippen molar-refractivity contribution in [3.63, 3.8) is 0 Å². The zero-order valence-electron chi connectivity index (χ0n) is 42.1. The molecule has 1 fully saturated rings. The van der Waals surface area contributed by atoms with E-state index in [1.165, 1.54) is 55.7 Å². The van der Waals surface area contributed by atoms with E-state index in [9.17, 15) is 57.5 Å². The summed E-state index contributed by atoms with van der Waals surface area (Å²) in [5, 5.41) is 0. The molecule has 1 aliphatic rings. The van der Waals surface area contributed by atoms with Gasteiger partial charge in [-0.3, -0.25) is 0 Å². The van der Waals surface area contributed by atoms with E-state index in [4.69, 9.17) is 4.74 Å². The zero-order valence-corrected chi connectivity index (χ0v) is 42.1. The molecule has 0 bridgehead atoms. The second-order valence-electron chi connectivity index (χ2n) is 15.9. The molecule has 25 heteroatoms. The van der Waals surface area contributed by atoms with Gasteiger partial charge in [0.05, 0.1) is 77.3 Å². The lowest BCUT2D eigenvalue weighted by atomic mass is 10.3. The molecule has 4 aromatic heterocycles.